The van der Waals surface area contributed by atoms with Crippen LogP contribution in [0.5, 0.6) is 0 Å². The minimum atomic E-state index is 0.261. The van der Waals surface area contributed by atoms with Crippen molar-refractivity contribution in [1.82, 2.24) is 0 Å². The molecule has 0 aromatic carbocycles. The van der Waals surface area contributed by atoms with E-state index in [-0.39, 0.29) is 5.94 Å². The maximum atomic E-state index is 8.58. The van der Waals surface area contributed by atoms with Crippen LogP contribution < -0.4 is 0 Å². The summed E-state index contributed by atoms with van der Waals surface area (Å²) in [6.07, 6.45) is 1.16. The van der Waals surface area contributed by atoms with Crippen molar-refractivity contribution >= 4 is 11.8 Å². The van der Waals surface area contributed by atoms with Gasteiger partial charge in [0, 0.05) is 5.25 Å². The summed E-state index contributed by atoms with van der Waals surface area (Å²) in [5.74, 6) is 0.948. The molecule has 0 amide bonds. The van der Waals surface area contributed by atoms with E-state index < -0.39 is 0 Å². The summed E-state index contributed by atoms with van der Waals surface area (Å²) < 4.78 is 0. The molecular weight excluding hydrogens is 132 g/mol. The quantitative estimate of drug-likeness (QED) is 0.616. The standard InChI is InChI=1S/C7H16OS/c1-4-7(6(2)3)9-5-8/h6-8H,4-5H2,1-3H3. The molecule has 0 saturated carbocycles. The van der Waals surface area contributed by atoms with Crippen LogP contribution in [-0.2, 0) is 0 Å². The van der Waals surface area contributed by atoms with Gasteiger partial charge in [0.05, 0.1) is 5.94 Å². The van der Waals surface area contributed by atoms with E-state index in [9.17, 15) is 0 Å². The van der Waals surface area contributed by atoms with Gasteiger partial charge >= 0.3 is 0 Å². The van der Waals surface area contributed by atoms with Gasteiger partial charge in [-0.3, -0.25) is 0 Å². The molecular formula is C7H16OS. The summed E-state index contributed by atoms with van der Waals surface area (Å²) in [6, 6.07) is 0. The van der Waals surface area contributed by atoms with E-state index in [4.69, 9.17) is 5.11 Å². The van der Waals surface area contributed by atoms with Gasteiger partial charge < -0.3 is 5.11 Å². The monoisotopic (exact) mass is 148 g/mol. The highest BCUT2D eigenvalue weighted by atomic mass is 32.2. The van der Waals surface area contributed by atoms with Crippen LogP contribution in [0.25, 0.3) is 0 Å². The molecule has 0 radical (unpaired) electrons. The zero-order chi connectivity index (χ0) is 7.28. The smallest absolute Gasteiger partial charge is 0.0888 e. The van der Waals surface area contributed by atoms with E-state index in [0.29, 0.717) is 11.2 Å². The number of hydrogen-bond donors (Lipinski definition) is 1. The third-order valence-corrected chi connectivity index (χ3v) is 2.89. The lowest BCUT2D eigenvalue weighted by atomic mass is 10.1. The minimum absolute atomic E-state index is 0.261. The van der Waals surface area contributed by atoms with Crippen LogP contribution in [0.4, 0.5) is 0 Å². The van der Waals surface area contributed by atoms with Crippen molar-refractivity contribution < 1.29 is 5.11 Å². The average molecular weight is 148 g/mol. The third kappa shape index (κ3) is 3.82. The maximum Gasteiger partial charge on any atom is 0.0888 e. The normalized spacial score (nSPS) is 14.3. The van der Waals surface area contributed by atoms with Gasteiger partial charge in [-0.1, -0.05) is 20.8 Å². The lowest BCUT2D eigenvalue weighted by Gasteiger charge is -2.16. The first-order chi connectivity index (χ1) is 4.22. The van der Waals surface area contributed by atoms with Gasteiger partial charge in [-0.05, 0) is 12.3 Å². The Morgan fingerprint density at radius 3 is 2.11 bits per heavy atom. The van der Waals surface area contributed by atoms with E-state index >= 15 is 0 Å². The third-order valence-electron chi connectivity index (χ3n) is 1.43. The highest BCUT2D eigenvalue weighted by Crippen LogP contribution is 2.20. The van der Waals surface area contributed by atoms with E-state index in [2.05, 4.69) is 20.8 Å². The second-order valence-corrected chi connectivity index (χ2v) is 3.68. The van der Waals surface area contributed by atoms with Crippen molar-refractivity contribution in [3.8, 4) is 0 Å². The van der Waals surface area contributed by atoms with Gasteiger partial charge in [-0.15, -0.1) is 11.8 Å². The molecule has 1 nitrogen and oxygen atoms in total. The van der Waals surface area contributed by atoms with Crippen LogP contribution in [0, 0.1) is 5.92 Å². The van der Waals surface area contributed by atoms with E-state index in [1.165, 1.54) is 0 Å². The Morgan fingerprint density at radius 2 is 2.00 bits per heavy atom. The molecule has 1 unspecified atom stereocenters. The van der Waals surface area contributed by atoms with Gasteiger partial charge in [0.25, 0.3) is 0 Å². The molecule has 0 aliphatic carbocycles. The highest BCUT2D eigenvalue weighted by molar-refractivity contribution is 7.99. The molecule has 56 valence electrons. The van der Waals surface area contributed by atoms with Crippen molar-refractivity contribution in [2.24, 2.45) is 5.92 Å². The average Bonchev–Trinajstić information content (AvgIpc) is 1.82. The molecule has 0 fully saturated rings. The molecule has 0 bridgehead atoms. The molecule has 0 aliphatic heterocycles. The van der Waals surface area contributed by atoms with Gasteiger partial charge in [-0.25, -0.2) is 0 Å². The first kappa shape index (κ1) is 9.31. The summed E-state index contributed by atoms with van der Waals surface area (Å²) in [6.45, 7) is 6.54. The van der Waals surface area contributed by atoms with Crippen LogP contribution in [0.2, 0.25) is 0 Å². The summed E-state index contributed by atoms with van der Waals surface area (Å²) in [5.41, 5.74) is 0. The zero-order valence-corrected chi connectivity index (χ0v) is 7.24. The summed E-state index contributed by atoms with van der Waals surface area (Å²) >= 11 is 1.64. The van der Waals surface area contributed by atoms with Crippen molar-refractivity contribution in [3.05, 3.63) is 0 Å². The second-order valence-electron chi connectivity index (χ2n) is 2.49. The molecule has 0 saturated heterocycles. The van der Waals surface area contributed by atoms with Crippen molar-refractivity contribution in [2.45, 2.75) is 32.4 Å². The number of aliphatic hydroxyl groups excluding tert-OH is 1. The Labute approximate surface area is 61.8 Å². The molecule has 0 aliphatic rings. The summed E-state index contributed by atoms with van der Waals surface area (Å²) in [5, 5.41) is 9.21. The number of hydrogen-bond acceptors (Lipinski definition) is 2. The zero-order valence-electron chi connectivity index (χ0n) is 6.42. The van der Waals surface area contributed by atoms with E-state index in [1.807, 2.05) is 0 Å². The molecule has 0 heterocycles. The lowest BCUT2D eigenvalue weighted by molar-refractivity contribution is 0.373. The Hall–Kier alpha value is 0.310. The van der Waals surface area contributed by atoms with Crippen LogP contribution in [0.1, 0.15) is 27.2 Å². The minimum Gasteiger partial charge on any atom is -0.386 e. The first-order valence-electron chi connectivity index (χ1n) is 3.44. The van der Waals surface area contributed by atoms with Crippen LogP contribution in [0.15, 0.2) is 0 Å². The number of rotatable bonds is 4. The Balaban J connectivity index is 3.41. The number of aliphatic hydroxyl groups is 1. The van der Waals surface area contributed by atoms with E-state index in [0.717, 1.165) is 6.42 Å². The molecule has 2 heteroatoms. The van der Waals surface area contributed by atoms with Crippen LogP contribution in [-0.4, -0.2) is 16.3 Å². The fourth-order valence-corrected chi connectivity index (χ4v) is 1.69. The second kappa shape index (κ2) is 5.12. The topological polar surface area (TPSA) is 20.2 Å². The molecule has 1 N–H and O–H groups in total. The van der Waals surface area contributed by atoms with Crippen LogP contribution >= 0.6 is 11.8 Å². The fraction of sp³-hybridized carbons (Fsp3) is 1.00. The molecule has 0 aromatic heterocycles. The fourth-order valence-electron chi connectivity index (χ4n) is 0.877. The Morgan fingerprint density at radius 1 is 1.44 bits per heavy atom. The van der Waals surface area contributed by atoms with Crippen molar-refractivity contribution in [2.75, 3.05) is 5.94 Å². The predicted octanol–water partition coefficient (Wildman–Crippen LogP) is 2.10. The van der Waals surface area contributed by atoms with E-state index in [1.54, 1.807) is 11.8 Å². The summed E-state index contributed by atoms with van der Waals surface area (Å²) in [4.78, 5) is 0. The van der Waals surface area contributed by atoms with Gasteiger partial charge in [-0.2, -0.15) is 0 Å². The SMILES string of the molecule is CCC(SCO)C(C)C. The molecule has 0 aromatic rings. The lowest BCUT2D eigenvalue weighted by Crippen LogP contribution is -2.09. The summed E-state index contributed by atoms with van der Waals surface area (Å²) in [7, 11) is 0. The predicted molar refractivity (Wildman–Crippen MR) is 43.6 cm³/mol. The Kier molecular flexibility index (Phi) is 5.30. The van der Waals surface area contributed by atoms with Gasteiger partial charge in [0.2, 0.25) is 0 Å². The van der Waals surface area contributed by atoms with Crippen LogP contribution in [0.3, 0.4) is 0 Å². The first-order valence-corrected chi connectivity index (χ1v) is 4.49. The Bertz CT molecular complexity index is 63.9. The largest absolute Gasteiger partial charge is 0.386 e. The highest BCUT2D eigenvalue weighted by Gasteiger charge is 2.09. The van der Waals surface area contributed by atoms with Gasteiger partial charge in [0.15, 0.2) is 0 Å². The molecule has 0 spiro atoms. The van der Waals surface area contributed by atoms with Gasteiger partial charge in [0.1, 0.15) is 0 Å². The molecule has 9 heavy (non-hydrogen) atoms. The maximum absolute atomic E-state index is 8.58. The molecule has 0 rings (SSSR count). The molecule has 1 atom stereocenters. The number of thioether (sulfide) groups is 1. The van der Waals surface area contributed by atoms with Crippen molar-refractivity contribution in [3.63, 3.8) is 0 Å². The van der Waals surface area contributed by atoms with Crippen molar-refractivity contribution in [1.29, 1.82) is 0 Å².